The van der Waals surface area contributed by atoms with Crippen molar-refractivity contribution in [2.45, 2.75) is 88.8 Å². The minimum atomic E-state index is -0.241. The van der Waals surface area contributed by atoms with Crippen LogP contribution in [-0.4, -0.2) is 47.9 Å². The lowest BCUT2D eigenvalue weighted by Crippen LogP contribution is -2.47. The second-order valence-electron chi connectivity index (χ2n) is 8.15. The maximum absolute atomic E-state index is 12.4. The third-order valence-electron chi connectivity index (χ3n) is 6.31. The maximum Gasteiger partial charge on any atom is 0.237 e. The van der Waals surface area contributed by atoms with E-state index in [1.165, 1.54) is 19.3 Å². The van der Waals surface area contributed by atoms with Gasteiger partial charge in [-0.15, -0.1) is 0 Å². The first-order valence-electron chi connectivity index (χ1n) is 10.4. The van der Waals surface area contributed by atoms with Crippen molar-refractivity contribution in [1.82, 2.24) is 15.5 Å². The van der Waals surface area contributed by atoms with Crippen molar-refractivity contribution in [3.63, 3.8) is 0 Å². The van der Waals surface area contributed by atoms with Gasteiger partial charge < -0.3 is 15.5 Å². The van der Waals surface area contributed by atoms with E-state index in [4.69, 9.17) is 5.26 Å². The Bertz CT molecular complexity index is 530. The largest absolute Gasteiger partial charge is 0.353 e. The van der Waals surface area contributed by atoms with Gasteiger partial charge in [-0.2, -0.15) is 5.26 Å². The van der Waals surface area contributed by atoms with Gasteiger partial charge in [0.05, 0.1) is 12.6 Å². The first kappa shape index (κ1) is 19.2. The summed E-state index contributed by atoms with van der Waals surface area (Å²) < 4.78 is 0. The lowest BCUT2D eigenvalue weighted by molar-refractivity contribution is -0.130. The van der Waals surface area contributed by atoms with E-state index >= 15 is 0 Å². The normalized spacial score (nSPS) is 30.0. The lowest BCUT2D eigenvalue weighted by Gasteiger charge is -2.31. The molecular formula is C20H32N4O2. The molecule has 2 saturated carbocycles. The molecule has 1 aliphatic heterocycles. The maximum atomic E-state index is 12.4. The summed E-state index contributed by atoms with van der Waals surface area (Å²) in [5.74, 6) is 0.528. The quantitative estimate of drug-likeness (QED) is 0.786. The molecule has 144 valence electrons. The van der Waals surface area contributed by atoms with E-state index in [2.05, 4.69) is 16.7 Å². The summed E-state index contributed by atoms with van der Waals surface area (Å²) in [5.41, 5.74) is 0. The molecule has 26 heavy (non-hydrogen) atoms. The van der Waals surface area contributed by atoms with E-state index in [0.717, 1.165) is 51.4 Å². The number of amides is 2. The number of rotatable bonds is 5. The number of carbonyl (C=O) groups excluding carboxylic acids is 2. The van der Waals surface area contributed by atoms with Gasteiger partial charge in [0.25, 0.3) is 0 Å². The van der Waals surface area contributed by atoms with Crippen LogP contribution in [0.2, 0.25) is 0 Å². The van der Waals surface area contributed by atoms with Crippen LogP contribution in [0.5, 0.6) is 0 Å². The summed E-state index contributed by atoms with van der Waals surface area (Å²) in [4.78, 5) is 26.4. The minimum absolute atomic E-state index is 0.0433. The second kappa shape index (κ2) is 9.36. The molecule has 0 aromatic carbocycles. The van der Waals surface area contributed by atoms with Gasteiger partial charge in [0.2, 0.25) is 11.8 Å². The van der Waals surface area contributed by atoms with Crippen LogP contribution in [0.4, 0.5) is 0 Å². The fraction of sp³-hybridized carbons (Fsp3) is 0.850. The van der Waals surface area contributed by atoms with Crippen molar-refractivity contribution in [3.8, 4) is 6.07 Å². The molecule has 2 amide bonds. The van der Waals surface area contributed by atoms with Gasteiger partial charge in [-0.05, 0) is 51.4 Å². The highest BCUT2D eigenvalue weighted by molar-refractivity contribution is 5.79. The topological polar surface area (TPSA) is 85.2 Å². The molecule has 3 fully saturated rings. The van der Waals surface area contributed by atoms with Gasteiger partial charge in [0, 0.05) is 24.5 Å². The van der Waals surface area contributed by atoms with Crippen molar-refractivity contribution in [2.75, 3.05) is 13.1 Å². The third-order valence-corrected chi connectivity index (χ3v) is 6.31. The zero-order valence-electron chi connectivity index (χ0n) is 15.7. The number of hydrogen-bond acceptors (Lipinski definition) is 4. The lowest BCUT2D eigenvalue weighted by atomic mass is 9.87. The summed E-state index contributed by atoms with van der Waals surface area (Å²) in [6, 6.07) is 2.61. The van der Waals surface area contributed by atoms with Crippen LogP contribution < -0.4 is 10.6 Å². The fourth-order valence-corrected chi connectivity index (χ4v) is 4.66. The Kier molecular flexibility index (Phi) is 6.90. The Morgan fingerprint density at radius 3 is 2.31 bits per heavy atom. The first-order valence-corrected chi connectivity index (χ1v) is 10.4. The molecule has 3 aliphatic rings. The first-order chi connectivity index (χ1) is 12.7. The van der Waals surface area contributed by atoms with E-state index < -0.39 is 0 Å². The number of nitrogens with zero attached hydrogens (tertiary/aromatic N) is 2. The zero-order valence-corrected chi connectivity index (χ0v) is 15.7. The highest BCUT2D eigenvalue weighted by atomic mass is 16.2. The summed E-state index contributed by atoms with van der Waals surface area (Å²) >= 11 is 0. The molecule has 1 saturated heterocycles. The van der Waals surface area contributed by atoms with E-state index in [1.54, 1.807) is 4.90 Å². The van der Waals surface area contributed by atoms with Gasteiger partial charge in [0.1, 0.15) is 6.04 Å². The summed E-state index contributed by atoms with van der Waals surface area (Å²) in [6.45, 7) is 1.03. The molecule has 0 bridgehead atoms. The van der Waals surface area contributed by atoms with Crippen molar-refractivity contribution >= 4 is 11.8 Å². The van der Waals surface area contributed by atoms with E-state index in [9.17, 15) is 9.59 Å². The van der Waals surface area contributed by atoms with Crippen LogP contribution in [0.3, 0.4) is 0 Å². The van der Waals surface area contributed by atoms with E-state index in [1.807, 2.05) is 0 Å². The number of hydrogen-bond donors (Lipinski definition) is 2. The van der Waals surface area contributed by atoms with E-state index in [0.29, 0.717) is 25.2 Å². The molecule has 6 nitrogen and oxygen atoms in total. The van der Waals surface area contributed by atoms with Crippen LogP contribution in [0.15, 0.2) is 0 Å². The molecule has 0 unspecified atom stereocenters. The highest BCUT2D eigenvalue weighted by Crippen LogP contribution is 2.25. The van der Waals surface area contributed by atoms with Crippen LogP contribution in [0.1, 0.15) is 70.6 Å². The molecule has 1 heterocycles. The summed E-state index contributed by atoms with van der Waals surface area (Å²) in [6.07, 6.45) is 11.4. The molecule has 0 aromatic heterocycles. The Morgan fingerprint density at radius 2 is 1.62 bits per heavy atom. The van der Waals surface area contributed by atoms with Crippen LogP contribution in [0.25, 0.3) is 0 Å². The molecule has 3 rings (SSSR count). The second-order valence-corrected chi connectivity index (χ2v) is 8.15. The molecule has 0 radical (unpaired) electrons. The Labute approximate surface area is 156 Å². The van der Waals surface area contributed by atoms with E-state index in [-0.39, 0.29) is 23.8 Å². The van der Waals surface area contributed by atoms with Crippen molar-refractivity contribution in [1.29, 1.82) is 5.26 Å². The number of nitrogens with one attached hydrogen (secondary N) is 2. The molecule has 1 atom stereocenters. The van der Waals surface area contributed by atoms with Crippen molar-refractivity contribution in [3.05, 3.63) is 0 Å². The van der Waals surface area contributed by atoms with Gasteiger partial charge in [-0.3, -0.25) is 9.59 Å². The Morgan fingerprint density at radius 1 is 0.923 bits per heavy atom. The van der Waals surface area contributed by atoms with Crippen LogP contribution in [0, 0.1) is 17.2 Å². The van der Waals surface area contributed by atoms with Gasteiger partial charge in [0.15, 0.2) is 0 Å². The van der Waals surface area contributed by atoms with Crippen molar-refractivity contribution in [2.24, 2.45) is 5.92 Å². The average Bonchev–Trinajstić information content (AvgIpc) is 3.17. The predicted molar refractivity (Wildman–Crippen MR) is 99.1 cm³/mol. The van der Waals surface area contributed by atoms with Gasteiger partial charge >= 0.3 is 0 Å². The molecule has 0 spiro atoms. The predicted octanol–water partition coefficient (Wildman–Crippen LogP) is 2.10. The smallest absolute Gasteiger partial charge is 0.237 e. The van der Waals surface area contributed by atoms with Crippen molar-refractivity contribution < 1.29 is 9.59 Å². The van der Waals surface area contributed by atoms with Crippen LogP contribution >= 0.6 is 0 Å². The Hall–Kier alpha value is -1.61. The van der Waals surface area contributed by atoms with Gasteiger partial charge in [-0.25, -0.2) is 0 Å². The molecule has 0 aromatic rings. The average molecular weight is 361 g/mol. The molecular weight excluding hydrogens is 328 g/mol. The van der Waals surface area contributed by atoms with Crippen LogP contribution in [-0.2, 0) is 9.59 Å². The molecule has 2 N–H and O–H groups in total. The standard InChI is InChI=1S/C20H32N4O2/c21-13-18-7-4-12-24(18)19(25)14-22-16-8-10-17(11-9-16)23-20(26)15-5-2-1-3-6-15/h15-18,22H,1-12,14H2,(H,23,26)/t16?,17?,18-/m0/s1. The summed E-state index contributed by atoms with van der Waals surface area (Å²) in [5, 5.41) is 15.7. The monoisotopic (exact) mass is 360 g/mol. The fourth-order valence-electron chi connectivity index (χ4n) is 4.66. The molecule has 6 heteroatoms. The number of nitriles is 1. The van der Waals surface area contributed by atoms with Gasteiger partial charge in [-0.1, -0.05) is 19.3 Å². The molecule has 2 aliphatic carbocycles. The summed E-state index contributed by atoms with van der Waals surface area (Å²) in [7, 11) is 0. The highest BCUT2D eigenvalue weighted by Gasteiger charge is 2.30. The zero-order chi connectivity index (χ0) is 18.4. The Balaban J connectivity index is 1.34. The number of carbonyl (C=O) groups is 2. The minimum Gasteiger partial charge on any atom is -0.353 e. The SMILES string of the molecule is N#C[C@@H]1CCCN1C(=O)CNC1CCC(NC(=O)C2CCCCC2)CC1. The number of likely N-dealkylation sites (tertiary alicyclic amines) is 1. The third kappa shape index (κ3) is 4.97.